The number of esters is 1. The first-order valence-electron chi connectivity index (χ1n) is 4.61. The van der Waals surface area contributed by atoms with Gasteiger partial charge in [0.2, 0.25) is 0 Å². The van der Waals surface area contributed by atoms with E-state index in [0.29, 0.717) is 6.42 Å². The first kappa shape index (κ1) is 11.1. The number of carbonyl (C=O) groups excluding carboxylic acids is 1. The summed E-state index contributed by atoms with van der Waals surface area (Å²) in [6.45, 7) is 0. The molecule has 1 aromatic carbocycles. The van der Waals surface area contributed by atoms with E-state index in [2.05, 4.69) is 16.1 Å². The number of methoxy groups -OCH3 is 1. The Morgan fingerprint density at radius 3 is 2.73 bits per heavy atom. The van der Waals surface area contributed by atoms with Crippen LogP contribution in [0.25, 0.3) is 0 Å². The van der Waals surface area contributed by atoms with Crippen molar-refractivity contribution in [2.45, 2.75) is 12.5 Å². The summed E-state index contributed by atoms with van der Waals surface area (Å²) in [7, 11) is 1.35. The van der Waals surface area contributed by atoms with Crippen LogP contribution in [0.5, 0.6) is 0 Å². The number of ether oxygens (including phenoxy) is 1. The van der Waals surface area contributed by atoms with Gasteiger partial charge in [-0.3, -0.25) is 0 Å². The Morgan fingerprint density at radius 2 is 2.20 bits per heavy atom. The zero-order chi connectivity index (χ0) is 11.1. The molecule has 0 radical (unpaired) electrons. The fourth-order valence-electron chi connectivity index (χ4n) is 1.29. The van der Waals surface area contributed by atoms with Crippen molar-refractivity contribution < 1.29 is 9.53 Å². The Kier molecular flexibility index (Phi) is 4.24. The minimum Gasteiger partial charge on any atom is -0.467 e. The molecule has 0 bridgehead atoms. The van der Waals surface area contributed by atoms with Crippen molar-refractivity contribution in [3.05, 3.63) is 35.9 Å². The molecule has 1 aromatic rings. The fourth-order valence-corrected chi connectivity index (χ4v) is 1.29. The highest BCUT2D eigenvalue weighted by Gasteiger charge is 2.17. The summed E-state index contributed by atoms with van der Waals surface area (Å²) in [6, 6.07) is 11.4. The molecule has 1 N–H and O–H groups in total. The van der Waals surface area contributed by atoms with E-state index in [0.717, 1.165) is 5.56 Å². The van der Waals surface area contributed by atoms with Crippen LogP contribution < -0.4 is 5.32 Å². The smallest absolute Gasteiger partial charge is 0.329 e. The minimum atomic E-state index is -0.484. The van der Waals surface area contributed by atoms with Gasteiger partial charge in [0.1, 0.15) is 6.04 Å². The molecule has 78 valence electrons. The molecule has 15 heavy (non-hydrogen) atoms. The van der Waals surface area contributed by atoms with Crippen LogP contribution in [0.15, 0.2) is 30.3 Å². The van der Waals surface area contributed by atoms with Crippen LogP contribution in [-0.4, -0.2) is 19.1 Å². The molecule has 0 amide bonds. The van der Waals surface area contributed by atoms with Crippen molar-refractivity contribution in [1.29, 1.82) is 0 Å². The second-order valence-corrected chi connectivity index (χ2v) is 3.05. The van der Waals surface area contributed by atoms with Crippen LogP contribution in [0, 0.1) is 12.5 Å². The second kappa shape index (κ2) is 5.71. The van der Waals surface area contributed by atoms with E-state index < -0.39 is 6.04 Å². The van der Waals surface area contributed by atoms with Crippen molar-refractivity contribution in [3.8, 4) is 12.5 Å². The van der Waals surface area contributed by atoms with Gasteiger partial charge in [0, 0.05) is 12.5 Å². The van der Waals surface area contributed by atoms with Crippen molar-refractivity contribution in [2.24, 2.45) is 0 Å². The molecule has 0 unspecified atom stereocenters. The predicted molar refractivity (Wildman–Crippen MR) is 57.9 cm³/mol. The van der Waals surface area contributed by atoms with Crippen LogP contribution in [-0.2, 0) is 16.0 Å². The lowest BCUT2D eigenvalue weighted by molar-refractivity contribution is -0.142. The highest BCUT2D eigenvalue weighted by Crippen LogP contribution is 2.03. The molecule has 0 fully saturated rings. The molecule has 0 aliphatic carbocycles. The Balaban J connectivity index is 2.68. The third-order valence-electron chi connectivity index (χ3n) is 2.03. The van der Waals surface area contributed by atoms with E-state index >= 15 is 0 Å². The van der Waals surface area contributed by atoms with E-state index in [4.69, 9.17) is 6.42 Å². The maximum atomic E-state index is 11.3. The number of hydrogen-bond donors (Lipinski definition) is 1. The van der Waals surface area contributed by atoms with E-state index in [1.165, 1.54) is 7.11 Å². The van der Waals surface area contributed by atoms with Crippen LogP contribution in [0.4, 0.5) is 0 Å². The van der Waals surface area contributed by atoms with Crippen LogP contribution >= 0.6 is 0 Å². The van der Waals surface area contributed by atoms with Gasteiger partial charge in [-0.2, -0.15) is 0 Å². The number of benzene rings is 1. The van der Waals surface area contributed by atoms with E-state index in [9.17, 15) is 4.79 Å². The summed E-state index contributed by atoms with van der Waals surface area (Å²) in [5.74, 6) is -0.350. The number of hydrogen-bond acceptors (Lipinski definition) is 3. The number of nitrogens with one attached hydrogen (secondary N) is 1. The third kappa shape index (κ3) is 3.35. The molecule has 0 heterocycles. The largest absolute Gasteiger partial charge is 0.467 e. The first-order chi connectivity index (χ1) is 7.27. The van der Waals surface area contributed by atoms with E-state index in [1.54, 1.807) is 0 Å². The predicted octanol–water partition coefficient (Wildman–Crippen LogP) is 0.951. The quantitative estimate of drug-likeness (QED) is 0.450. The van der Waals surface area contributed by atoms with Crippen LogP contribution in [0.3, 0.4) is 0 Å². The molecule has 1 rings (SSSR count). The van der Waals surface area contributed by atoms with E-state index in [-0.39, 0.29) is 5.97 Å². The molecule has 0 saturated carbocycles. The minimum absolute atomic E-state index is 0.350. The van der Waals surface area contributed by atoms with Crippen molar-refractivity contribution in [1.82, 2.24) is 5.32 Å². The molecule has 1 atom stereocenters. The molecule has 0 aliphatic rings. The lowest BCUT2D eigenvalue weighted by atomic mass is 10.1. The van der Waals surface area contributed by atoms with Gasteiger partial charge in [0.25, 0.3) is 0 Å². The topological polar surface area (TPSA) is 38.3 Å². The Bertz CT molecular complexity index is 354. The molecule has 3 nitrogen and oxygen atoms in total. The van der Waals surface area contributed by atoms with Gasteiger partial charge in [0.15, 0.2) is 0 Å². The molecule has 0 spiro atoms. The van der Waals surface area contributed by atoms with Gasteiger partial charge in [-0.1, -0.05) is 36.8 Å². The molecule has 0 saturated heterocycles. The molecule has 0 aliphatic heterocycles. The summed E-state index contributed by atoms with van der Waals surface area (Å²) >= 11 is 0. The third-order valence-corrected chi connectivity index (χ3v) is 2.03. The number of terminal acetylenes is 1. The highest BCUT2D eigenvalue weighted by atomic mass is 16.5. The fraction of sp³-hybridized carbons (Fsp3) is 0.250. The molecule has 0 aromatic heterocycles. The molecular formula is C12H13NO2. The van der Waals surface area contributed by atoms with Gasteiger partial charge in [-0.15, -0.1) is 0 Å². The molecule has 3 heteroatoms. The zero-order valence-electron chi connectivity index (χ0n) is 8.57. The summed E-state index contributed by atoms with van der Waals surface area (Å²) in [6.07, 6.45) is 5.63. The number of rotatable bonds is 4. The summed E-state index contributed by atoms with van der Waals surface area (Å²) < 4.78 is 4.64. The second-order valence-electron chi connectivity index (χ2n) is 3.05. The van der Waals surface area contributed by atoms with Gasteiger partial charge in [-0.25, -0.2) is 4.79 Å². The average molecular weight is 203 g/mol. The van der Waals surface area contributed by atoms with Crippen molar-refractivity contribution in [2.75, 3.05) is 7.11 Å². The lowest BCUT2D eigenvalue weighted by Gasteiger charge is -2.13. The summed E-state index contributed by atoms with van der Waals surface area (Å²) in [5.41, 5.74) is 1.04. The summed E-state index contributed by atoms with van der Waals surface area (Å²) in [5, 5.41) is 2.64. The van der Waals surface area contributed by atoms with Crippen LogP contribution in [0.1, 0.15) is 5.56 Å². The Hall–Kier alpha value is -1.95. The Morgan fingerprint density at radius 1 is 1.53 bits per heavy atom. The first-order valence-corrected chi connectivity index (χ1v) is 4.61. The van der Waals surface area contributed by atoms with Gasteiger partial charge in [-0.05, 0) is 5.56 Å². The zero-order valence-corrected chi connectivity index (χ0v) is 8.57. The Labute approximate surface area is 89.4 Å². The monoisotopic (exact) mass is 203 g/mol. The summed E-state index contributed by atoms with van der Waals surface area (Å²) in [4.78, 5) is 11.3. The maximum absolute atomic E-state index is 11.3. The van der Waals surface area contributed by atoms with E-state index in [1.807, 2.05) is 30.3 Å². The standard InChI is InChI=1S/C12H13NO2/c1-3-13-11(12(14)15-2)9-10-7-5-4-6-8-10/h1,4-8,11,13H,9H2,2H3/t11-/m0/s1. The lowest BCUT2D eigenvalue weighted by Crippen LogP contribution is -2.36. The number of carbonyl (C=O) groups is 1. The normalized spacial score (nSPS) is 11.2. The van der Waals surface area contributed by atoms with Crippen molar-refractivity contribution >= 4 is 5.97 Å². The maximum Gasteiger partial charge on any atom is 0.329 e. The van der Waals surface area contributed by atoms with Gasteiger partial charge >= 0.3 is 5.97 Å². The SMILES string of the molecule is C#CN[C@@H](Cc1ccccc1)C(=O)OC. The average Bonchev–Trinajstić information content (AvgIpc) is 2.29. The van der Waals surface area contributed by atoms with Crippen molar-refractivity contribution in [3.63, 3.8) is 0 Å². The van der Waals surface area contributed by atoms with Gasteiger partial charge in [0.05, 0.1) is 7.11 Å². The highest BCUT2D eigenvalue weighted by molar-refractivity contribution is 5.76. The molecular weight excluding hydrogens is 190 g/mol. The van der Waals surface area contributed by atoms with Gasteiger partial charge < -0.3 is 10.1 Å². The van der Waals surface area contributed by atoms with Crippen LogP contribution in [0.2, 0.25) is 0 Å².